The van der Waals surface area contributed by atoms with Gasteiger partial charge in [0.2, 0.25) is 0 Å². The van der Waals surface area contributed by atoms with Crippen LogP contribution in [0.1, 0.15) is 26.3 Å². The first-order valence-corrected chi connectivity index (χ1v) is 5.70. The topological polar surface area (TPSA) is 70.3 Å². The van der Waals surface area contributed by atoms with Crippen molar-refractivity contribution < 1.29 is 14.6 Å². The molecule has 0 aliphatic carbocycles. The van der Waals surface area contributed by atoms with Gasteiger partial charge >= 0.3 is 5.97 Å². The molecule has 1 aromatic rings. The zero-order valence-corrected chi connectivity index (χ0v) is 10.8. The summed E-state index contributed by atoms with van der Waals surface area (Å²) >= 11 is 0. The van der Waals surface area contributed by atoms with Crippen LogP contribution in [0, 0.1) is 16.7 Å². The Morgan fingerprint density at radius 2 is 2.17 bits per heavy atom. The number of nitrogens with zero attached hydrogens (tertiary/aromatic N) is 1. The molecule has 0 spiro atoms. The highest BCUT2D eigenvalue weighted by Gasteiger charge is 2.33. The molecule has 0 aromatic heterocycles. The molecule has 0 amide bonds. The minimum absolute atomic E-state index is 0.282. The molecule has 4 nitrogen and oxygen atoms in total. The second kappa shape index (κ2) is 5.54. The van der Waals surface area contributed by atoms with Crippen LogP contribution < -0.4 is 4.74 Å². The van der Waals surface area contributed by atoms with E-state index in [1.54, 1.807) is 18.2 Å². The first kappa shape index (κ1) is 14.0. The van der Waals surface area contributed by atoms with Crippen molar-refractivity contribution in [2.24, 2.45) is 5.41 Å². The average molecular weight is 247 g/mol. The molecule has 0 saturated heterocycles. The Bertz CT molecular complexity index is 469. The maximum absolute atomic E-state index is 11.2. The third-order valence-electron chi connectivity index (χ3n) is 2.45. The third kappa shape index (κ3) is 3.77. The van der Waals surface area contributed by atoms with Crippen molar-refractivity contribution in [3.63, 3.8) is 0 Å². The van der Waals surface area contributed by atoms with E-state index in [1.165, 1.54) is 0 Å². The second-order valence-electron chi connectivity index (χ2n) is 5.18. The van der Waals surface area contributed by atoms with Gasteiger partial charge in [-0.05, 0) is 17.7 Å². The molecule has 1 N–H and O–H groups in total. The molecule has 1 rings (SSSR count). The Balaban J connectivity index is 2.92. The lowest BCUT2D eigenvalue weighted by Crippen LogP contribution is -2.39. The molecular weight excluding hydrogens is 230 g/mol. The lowest BCUT2D eigenvalue weighted by molar-refractivity contribution is -0.150. The molecule has 0 saturated carbocycles. The fourth-order valence-corrected chi connectivity index (χ4v) is 1.55. The predicted octanol–water partition coefficient (Wildman–Crippen LogP) is 2.63. The van der Waals surface area contributed by atoms with Crippen LogP contribution in [0.25, 0.3) is 0 Å². The normalized spacial score (nSPS) is 12.6. The van der Waals surface area contributed by atoms with Gasteiger partial charge in [0.15, 0.2) is 6.10 Å². The summed E-state index contributed by atoms with van der Waals surface area (Å²) in [5.41, 5.74) is 0.310. The Kier molecular flexibility index (Phi) is 4.33. The Labute approximate surface area is 107 Å². The van der Waals surface area contributed by atoms with Gasteiger partial charge in [-0.3, -0.25) is 0 Å². The molecule has 4 heteroatoms. The largest absolute Gasteiger partial charge is 0.478 e. The maximum Gasteiger partial charge on any atom is 0.345 e. The van der Waals surface area contributed by atoms with E-state index in [4.69, 9.17) is 15.1 Å². The summed E-state index contributed by atoms with van der Waals surface area (Å²) in [6, 6.07) is 9.00. The standard InChI is InChI=1S/C14H17NO3/c1-14(2,3)12(13(16)17)18-11-6-4-5-10(9-11)7-8-15/h4-6,9,12H,7H2,1-3H3,(H,16,17). The summed E-state index contributed by atoms with van der Waals surface area (Å²) in [5.74, 6) is -0.515. The average Bonchev–Trinajstić information content (AvgIpc) is 2.25. The molecule has 18 heavy (non-hydrogen) atoms. The molecule has 1 aromatic carbocycles. The summed E-state index contributed by atoms with van der Waals surface area (Å²) in [6.07, 6.45) is -0.639. The van der Waals surface area contributed by atoms with E-state index in [9.17, 15) is 4.79 Å². The fourth-order valence-electron chi connectivity index (χ4n) is 1.55. The van der Waals surface area contributed by atoms with Crippen molar-refractivity contribution in [3.05, 3.63) is 29.8 Å². The number of hydrogen-bond acceptors (Lipinski definition) is 3. The highest BCUT2D eigenvalue weighted by molar-refractivity contribution is 5.73. The SMILES string of the molecule is CC(C)(C)C(Oc1cccc(CC#N)c1)C(=O)O. The molecule has 96 valence electrons. The first-order valence-electron chi connectivity index (χ1n) is 5.70. The number of aliphatic carboxylic acids is 1. The molecule has 0 aliphatic rings. The summed E-state index contributed by atoms with van der Waals surface area (Å²) in [7, 11) is 0. The molecule has 0 heterocycles. The van der Waals surface area contributed by atoms with Gasteiger partial charge in [0.1, 0.15) is 5.75 Å². The van der Waals surface area contributed by atoms with Crippen LogP contribution >= 0.6 is 0 Å². The van der Waals surface area contributed by atoms with Crippen LogP contribution in [0.2, 0.25) is 0 Å². The molecule has 0 radical (unpaired) electrons. The zero-order chi connectivity index (χ0) is 13.8. The van der Waals surface area contributed by atoms with Crippen molar-refractivity contribution >= 4 is 5.97 Å². The van der Waals surface area contributed by atoms with Gasteiger partial charge < -0.3 is 9.84 Å². The summed E-state index contributed by atoms with van der Waals surface area (Å²) in [6.45, 7) is 5.43. The number of benzene rings is 1. The van der Waals surface area contributed by atoms with Crippen molar-refractivity contribution in [3.8, 4) is 11.8 Å². The van der Waals surface area contributed by atoms with Crippen molar-refractivity contribution in [1.82, 2.24) is 0 Å². The van der Waals surface area contributed by atoms with E-state index < -0.39 is 17.5 Å². The number of ether oxygens (including phenoxy) is 1. The van der Waals surface area contributed by atoms with Crippen molar-refractivity contribution in [1.29, 1.82) is 5.26 Å². The summed E-state index contributed by atoms with van der Waals surface area (Å²) in [5, 5.41) is 17.8. The number of carboxylic acids is 1. The summed E-state index contributed by atoms with van der Waals surface area (Å²) < 4.78 is 5.52. The van der Waals surface area contributed by atoms with Gasteiger partial charge in [-0.15, -0.1) is 0 Å². The Hall–Kier alpha value is -2.02. The minimum Gasteiger partial charge on any atom is -0.478 e. The number of carboxylic acid groups (broad SMARTS) is 1. The van der Waals surface area contributed by atoms with E-state index in [2.05, 4.69) is 0 Å². The molecule has 0 fully saturated rings. The summed E-state index contributed by atoms with van der Waals surface area (Å²) in [4.78, 5) is 11.2. The van der Waals surface area contributed by atoms with Crippen LogP contribution in [-0.4, -0.2) is 17.2 Å². The smallest absolute Gasteiger partial charge is 0.345 e. The predicted molar refractivity (Wildman–Crippen MR) is 67.3 cm³/mol. The number of hydrogen-bond donors (Lipinski definition) is 1. The van der Waals surface area contributed by atoms with E-state index in [0.29, 0.717) is 5.75 Å². The van der Waals surface area contributed by atoms with Crippen molar-refractivity contribution in [2.75, 3.05) is 0 Å². The lowest BCUT2D eigenvalue weighted by atomic mass is 9.89. The van der Waals surface area contributed by atoms with Gasteiger partial charge in [-0.25, -0.2) is 4.79 Å². The van der Waals surface area contributed by atoms with E-state index in [1.807, 2.05) is 32.9 Å². The molecule has 1 atom stereocenters. The zero-order valence-electron chi connectivity index (χ0n) is 10.8. The van der Waals surface area contributed by atoms with Gasteiger partial charge in [0.25, 0.3) is 0 Å². The van der Waals surface area contributed by atoms with Crippen molar-refractivity contribution in [2.45, 2.75) is 33.3 Å². The van der Waals surface area contributed by atoms with Crippen LogP contribution in [0.5, 0.6) is 5.75 Å². The van der Waals surface area contributed by atoms with E-state index in [0.717, 1.165) is 5.56 Å². The van der Waals surface area contributed by atoms with Gasteiger partial charge in [0, 0.05) is 5.41 Å². The molecule has 0 aliphatic heterocycles. The fraction of sp³-hybridized carbons (Fsp3) is 0.429. The lowest BCUT2D eigenvalue weighted by Gasteiger charge is -2.27. The Morgan fingerprint density at radius 1 is 1.50 bits per heavy atom. The molecule has 1 unspecified atom stereocenters. The molecule has 0 bridgehead atoms. The highest BCUT2D eigenvalue weighted by Crippen LogP contribution is 2.25. The minimum atomic E-state index is -0.992. The van der Waals surface area contributed by atoms with Crippen LogP contribution in [0.15, 0.2) is 24.3 Å². The van der Waals surface area contributed by atoms with Crippen LogP contribution in [-0.2, 0) is 11.2 Å². The molecular formula is C14H17NO3. The number of rotatable bonds is 4. The first-order chi connectivity index (χ1) is 8.34. The quantitative estimate of drug-likeness (QED) is 0.887. The van der Waals surface area contributed by atoms with E-state index >= 15 is 0 Å². The number of nitriles is 1. The van der Waals surface area contributed by atoms with Gasteiger partial charge in [-0.1, -0.05) is 32.9 Å². The highest BCUT2D eigenvalue weighted by atomic mass is 16.5. The Morgan fingerprint density at radius 3 is 2.67 bits per heavy atom. The maximum atomic E-state index is 11.2. The van der Waals surface area contributed by atoms with Gasteiger partial charge in [-0.2, -0.15) is 5.26 Å². The van der Waals surface area contributed by atoms with Crippen LogP contribution in [0.4, 0.5) is 0 Å². The van der Waals surface area contributed by atoms with E-state index in [-0.39, 0.29) is 6.42 Å². The monoisotopic (exact) mass is 247 g/mol. The number of carbonyl (C=O) groups is 1. The van der Waals surface area contributed by atoms with Crippen LogP contribution in [0.3, 0.4) is 0 Å². The third-order valence-corrected chi connectivity index (χ3v) is 2.45. The second-order valence-corrected chi connectivity index (χ2v) is 5.18. The van der Waals surface area contributed by atoms with Gasteiger partial charge in [0.05, 0.1) is 12.5 Å².